The fourth-order valence-corrected chi connectivity index (χ4v) is 5.70. The van der Waals surface area contributed by atoms with Gasteiger partial charge in [0.2, 0.25) is 15.9 Å². The minimum absolute atomic E-state index is 0.0659. The van der Waals surface area contributed by atoms with Crippen molar-refractivity contribution in [3.05, 3.63) is 58.7 Å². The number of ether oxygens (including phenoxy) is 1. The lowest BCUT2D eigenvalue weighted by Gasteiger charge is -2.17. The summed E-state index contributed by atoms with van der Waals surface area (Å²) in [5.74, 6) is 0.533. The second-order valence-corrected chi connectivity index (χ2v) is 10.1. The van der Waals surface area contributed by atoms with E-state index in [-0.39, 0.29) is 17.2 Å². The molecule has 0 aliphatic carbocycles. The van der Waals surface area contributed by atoms with Crippen LogP contribution >= 0.6 is 0 Å². The van der Waals surface area contributed by atoms with Gasteiger partial charge >= 0.3 is 0 Å². The molecular formula is C25H34N2O4S. The van der Waals surface area contributed by atoms with E-state index in [2.05, 4.69) is 37.4 Å². The maximum atomic E-state index is 12.9. The summed E-state index contributed by atoms with van der Waals surface area (Å²) >= 11 is 0. The summed E-state index contributed by atoms with van der Waals surface area (Å²) in [5, 5.41) is 3.02. The highest BCUT2D eigenvalue weighted by Gasteiger charge is 2.27. The maximum absolute atomic E-state index is 12.9. The van der Waals surface area contributed by atoms with Crippen LogP contribution in [0.15, 0.2) is 41.3 Å². The summed E-state index contributed by atoms with van der Waals surface area (Å²) in [6.45, 7) is 5.85. The van der Waals surface area contributed by atoms with Gasteiger partial charge in [-0.2, -0.15) is 4.31 Å². The third-order valence-electron chi connectivity index (χ3n) is 6.11. The lowest BCUT2D eigenvalue weighted by atomic mass is 10.0. The highest BCUT2D eigenvalue weighted by Crippen LogP contribution is 2.27. The molecule has 0 radical (unpaired) electrons. The highest BCUT2D eigenvalue weighted by molar-refractivity contribution is 7.89. The van der Waals surface area contributed by atoms with Gasteiger partial charge in [-0.3, -0.25) is 4.79 Å². The molecule has 2 aromatic carbocycles. The van der Waals surface area contributed by atoms with E-state index in [9.17, 15) is 13.2 Å². The predicted octanol–water partition coefficient (Wildman–Crippen LogP) is 3.85. The van der Waals surface area contributed by atoms with Gasteiger partial charge in [0.1, 0.15) is 5.75 Å². The number of nitrogens with zero attached hydrogens (tertiary/aromatic N) is 1. The number of amides is 1. The number of carbonyl (C=O) groups excluding carboxylic acids is 1. The lowest BCUT2D eigenvalue weighted by molar-refractivity contribution is -0.121. The SMILES string of the molecule is CCc1ccc(CC)c(CNC(=O)CCc2cc(S(=O)(=O)N3CCCC3)ccc2OC)c1. The number of carbonyl (C=O) groups is 1. The summed E-state index contributed by atoms with van der Waals surface area (Å²) in [5.41, 5.74) is 4.37. The Labute approximate surface area is 192 Å². The zero-order chi connectivity index (χ0) is 23.1. The van der Waals surface area contributed by atoms with Crippen molar-refractivity contribution in [2.45, 2.75) is 63.8 Å². The summed E-state index contributed by atoms with van der Waals surface area (Å²) in [7, 11) is -1.95. The average Bonchev–Trinajstić information content (AvgIpc) is 3.37. The zero-order valence-electron chi connectivity index (χ0n) is 19.3. The number of benzene rings is 2. The number of methoxy groups -OCH3 is 1. The van der Waals surface area contributed by atoms with Gasteiger partial charge in [0.15, 0.2) is 0 Å². The Morgan fingerprint density at radius 3 is 2.41 bits per heavy atom. The van der Waals surface area contributed by atoms with E-state index in [0.29, 0.717) is 31.8 Å². The number of hydrogen-bond donors (Lipinski definition) is 1. The van der Waals surface area contributed by atoms with Crippen LogP contribution in [0.5, 0.6) is 5.75 Å². The number of hydrogen-bond acceptors (Lipinski definition) is 4. The summed E-state index contributed by atoms with van der Waals surface area (Å²) in [6.07, 6.45) is 4.34. The van der Waals surface area contributed by atoms with Crippen molar-refractivity contribution in [3.63, 3.8) is 0 Å². The van der Waals surface area contributed by atoms with Crippen LogP contribution in [-0.4, -0.2) is 38.8 Å². The molecule has 32 heavy (non-hydrogen) atoms. The molecule has 0 atom stereocenters. The fourth-order valence-electron chi connectivity index (χ4n) is 4.13. The first kappa shape index (κ1) is 24.3. The van der Waals surface area contributed by atoms with Crippen molar-refractivity contribution in [1.82, 2.24) is 9.62 Å². The Bertz CT molecular complexity index is 1040. The fraction of sp³-hybridized carbons (Fsp3) is 0.480. The quantitative estimate of drug-likeness (QED) is 0.587. The monoisotopic (exact) mass is 458 g/mol. The molecule has 7 heteroatoms. The van der Waals surface area contributed by atoms with Crippen molar-refractivity contribution in [3.8, 4) is 5.75 Å². The highest BCUT2D eigenvalue weighted by atomic mass is 32.2. The van der Waals surface area contributed by atoms with E-state index in [4.69, 9.17) is 4.74 Å². The molecule has 0 saturated carbocycles. The molecule has 1 fully saturated rings. The van der Waals surface area contributed by atoms with Crippen molar-refractivity contribution in [1.29, 1.82) is 0 Å². The van der Waals surface area contributed by atoms with Gasteiger partial charge in [0.25, 0.3) is 0 Å². The number of sulfonamides is 1. The van der Waals surface area contributed by atoms with E-state index >= 15 is 0 Å². The molecule has 3 rings (SSSR count). The first-order chi connectivity index (χ1) is 15.4. The van der Waals surface area contributed by atoms with Gasteiger partial charge in [-0.15, -0.1) is 0 Å². The summed E-state index contributed by atoms with van der Waals surface area (Å²) in [4.78, 5) is 12.8. The number of aryl methyl sites for hydroxylation is 3. The van der Waals surface area contributed by atoms with Crippen LogP contribution in [0.4, 0.5) is 0 Å². The molecule has 1 N–H and O–H groups in total. The molecule has 0 aromatic heterocycles. The van der Waals surface area contributed by atoms with Gasteiger partial charge in [0.05, 0.1) is 12.0 Å². The zero-order valence-corrected chi connectivity index (χ0v) is 20.1. The van der Waals surface area contributed by atoms with Gasteiger partial charge in [-0.25, -0.2) is 8.42 Å². The molecule has 6 nitrogen and oxygen atoms in total. The third-order valence-corrected chi connectivity index (χ3v) is 8.01. The average molecular weight is 459 g/mol. The van der Waals surface area contributed by atoms with E-state index in [1.807, 2.05) is 0 Å². The minimum atomic E-state index is -3.51. The first-order valence-corrected chi connectivity index (χ1v) is 12.9. The van der Waals surface area contributed by atoms with Crippen molar-refractivity contribution in [2.24, 2.45) is 0 Å². The minimum Gasteiger partial charge on any atom is -0.496 e. The van der Waals surface area contributed by atoms with Crippen LogP contribution in [0.25, 0.3) is 0 Å². The van der Waals surface area contributed by atoms with E-state index in [0.717, 1.165) is 36.8 Å². The lowest BCUT2D eigenvalue weighted by Crippen LogP contribution is -2.28. The smallest absolute Gasteiger partial charge is 0.243 e. The molecule has 1 saturated heterocycles. The van der Waals surface area contributed by atoms with Crippen LogP contribution in [0, 0.1) is 0 Å². The third kappa shape index (κ3) is 5.70. The van der Waals surface area contributed by atoms with Crippen molar-refractivity contribution >= 4 is 15.9 Å². The Balaban J connectivity index is 1.66. The molecule has 1 heterocycles. The van der Waals surface area contributed by atoms with Gasteiger partial charge in [-0.05, 0) is 72.6 Å². The van der Waals surface area contributed by atoms with Gasteiger partial charge in [0, 0.05) is 26.1 Å². The largest absolute Gasteiger partial charge is 0.496 e. The van der Waals surface area contributed by atoms with Crippen LogP contribution in [0.3, 0.4) is 0 Å². The van der Waals surface area contributed by atoms with Crippen LogP contribution < -0.4 is 10.1 Å². The van der Waals surface area contributed by atoms with Crippen LogP contribution in [0.2, 0.25) is 0 Å². The van der Waals surface area contributed by atoms with Crippen molar-refractivity contribution < 1.29 is 17.9 Å². The second-order valence-electron chi connectivity index (χ2n) is 8.17. The first-order valence-electron chi connectivity index (χ1n) is 11.4. The van der Waals surface area contributed by atoms with Crippen LogP contribution in [0.1, 0.15) is 55.4 Å². The Morgan fingerprint density at radius 2 is 1.75 bits per heavy atom. The second kappa shape index (κ2) is 11.0. The Morgan fingerprint density at radius 1 is 1.00 bits per heavy atom. The molecular weight excluding hydrogens is 424 g/mol. The topological polar surface area (TPSA) is 75.7 Å². The summed E-state index contributed by atoms with van der Waals surface area (Å²) in [6, 6.07) is 11.4. The number of rotatable bonds is 10. The molecule has 0 bridgehead atoms. The standard InChI is InChI=1S/C25H34N2O4S/c1-4-19-8-9-20(5-2)22(16-19)18-26-25(28)13-10-21-17-23(11-12-24(21)31-3)32(29,30)27-14-6-7-15-27/h8-9,11-12,16-17H,4-7,10,13-15,18H2,1-3H3,(H,26,28). The molecule has 0 unspecified atom stereocenters. The predicted molar refractivity (Wildman–Crippen MR) is 126 cm³/mol. The van der Waals surface area contributed by atoms with Crippen LogP contribution in [-0.2, 0) is 40.6 Å². The number of nitrogens with one attached hydrogen (secondary N) is 1. The molecule has 2 aromatic rings. The molecule has 0 spiro atoms. The normalized spacial score (nSPS) is 14.5. The van der Waals surface area contributed by atoms with E-state index in [1.165, 1.54) is 15.4 Å². The molecule has 1 amide bonds. The Kier molecular flexibility index (Phi) is 8.32. The molecule has 1 aliphatic rings. The van der Waals surface area contributed by atoms with Gasteiger partial charge in [-0.1, -0.05) is 32.0 Å². The van der Waals surface area contributed by atoms with E-state index < -0.39 is 10.0 Å². The summed E-state index contributed by atoms with van der Waals surface area (Å²) < 4.78 is 32.7. The van der Waals surface area contributed by atoms with E-state index in [1.54, 1.807) is 25.3 Å². The maximum Gasteiger partial charge on any atom is 0.243 e. The Hall–Kier alpha value is -2.38. The van der Waals surface area contributed by atoms with Crippen molar-refractivity contribution in [2.75, 3.05) is 20.2 Å². The molecule has 174 valence electrons. The van der Waals surface area contributed by atoms with Gasteiger partial charge < -0.3 is 10.1 Å². The molecule has 1 aliphatic heterocycles.